The second-order valence-corrected chi connectivity index (χ2v) is 11.9. The smallest absolute Gasteiger partial charge is 0.141 e. The number of rotatable bonds is 3. The van der Waals surface area contributed by atoms with Gasteiger partial charge < -0.3 is 4.74 Å². The van der Waals surface area contributed by atoms with Gasteiger partial charge in [-0.3, -0.25) is 4.98 Å². The van der Waals surface area contributed by atoms with Crippen molar-refractivity contribution < 1.29 is 4.74 Å². The van der Waals surface area contributed by atoms with Gasteiger partial charge in [-0.05, 0) is 63.8 Å². The first-order chi connectivity index (χ1) is 20.1. The van der Waals surface area contributed by atoms with Crippen LogP contribution in [0.2, 0.25) is 0 Å². The van der Waals surface area contributed by atoms with Crippen LogP contribution in [-0.4, -0.2) is 4.98 Å². The van der Waals surface area contributed by atoms with E-state index in [1.54, 1.807) is 0 Å². The maximum absolute atomic E-state index is 6.86. The number of fused-ring (bicyclic) bond motifs is 5. The first kappa shape index (κ1) is 24.1. The average Bonchev–Trinajstić information content (AvgIpc) is 3.26. The number of hydrogen-bond donors (Lipinski definition) is 0. The molecule has 41 heavy (non-hydrogen) atoms. The van der Waals surface area contributed by atoms with Crippen LogP contribution in [0.4, 0.5) is 0 Å². The van der Waals surface area contributed by atoms with Crippen molar-refractivity contribution in [3.8, 4) is 22.8 Å². The summed E-state index contributed by atoms with van der Waals surface area (Å²) >= 11 is 0. The molecular weight excluding hydrogens is 498 g/mol. The van der Waals surface area contributed by atoms with E-state index >= 15 is 0 Å². The Kier molecular flexibility index (Phi) is 5.24. The zero-order valence-corrected chi connectivity index (χ0v) is 23.3. The van der Waals surface area contributed by atoms with Gasteiger partial charge in [-0.1, -0.05) is 123 Å². The van der Waals surface area contributed by atoms with Gasteiger partial charge in [0, 0.05) is 22.9 Å². The highest BCUT2D eigenvalue weighted by molar-refractivity contribution is 5.84. The molecule has 3 aliphatic rings. The molecule has 4 aromatic carbocycles. The number of hydrogen-bond acceptors (Lipinski definition) is 2. The summed E-state index contributed by atoms with van der Waals surface area (Å²) in [5, 5.41) is 0. The van der Waals surface area contributed by atoms with Gasteiger partial charge in [-0.15, -0.1) is 0 Å². The summed E-state index contributed by atoms with van der Waals surface area (Å²) < 4.78 is 6.86. The van der Waals surface area contributed by atoms with E-state index in [0.29, 0.717) is 5.92 Å². The molecule has 0 saturated heterocycles. The molecule has 2 nitrogen and oxygen atoms in total. The lowest BCUT2D eigenvalue weighted by Gasteiger charge is -2.42. The van der Waals surface area contributed by atoms with Crippen LogP contribution in [0.25, 0.3) is 16.8 Å². The quantitative estimate of drug-likeness (QED) is 0.228. The number of benzene rings is 4. The van der Waals surface area contributed by atoms with Crippen LogP contribution in [0.1, 0.15) is 53.6 Å². The van der Waals surface area contributed by atoms with Crippen LogP contribution in [-0.2, 0) is 10.8 Å². The standard InChI is InChI=1S/C39H31NO/c1-38(2)31-20-10-9-18-28(31)30-24-35(40-25-34(30)38)29-19-13-22-33-37(29)41-36-23-12-11-21-32(36)39(33,26-14-5-3-6-15-26)27-16-7-4-8-17-27/h3-19,21-25,31H,20H2,1-2H3. The third-order valence-corrected chi connectivity index (χ3v) is 9.55. The van der Waals surface area contributed by atoms with Crippen LogP contribution >= 0.6 is 0 Å². The molecule has 1 unspecified atom stereocenters. The normalized spacial score (nSPS) is 18.8. The Bertz CT molecular complexity index is 1820. The monoisotopic (exact) mass is 529 g/mol. The zero-order chi connectivity index (χ0) is 27.6. The van der Waals surface area contributed by atoms with E-state index in [-0.39, 0.29) is 5.41 Å². The molecule has 2 heterocycles. The van der Waals surface area contributed by atoms with Crippen molar-refractivity contribution in [2.24, 2.45) is 5.92 Å². The summed E-state index contributed by atoms with van der Waals surface area (Å²) in [7, 11) is 0. The van der Waals surface area contributed by atoms with E-state index in [0.717, 1.165) is 40.3 Å². The van der Waals surface area contributed by atoms with Gasteiger partial charge in [0.2, 0.25) is 0 Å². The van der Waals surface area contributed by atoms with Gasteiger partial charge in [-0.25, -0.2) is 0 Å². The maximum Gasteiger partial charge on any atom is 0.141 e. The van der Waals surface area contributed by atoms with E-state index in [1.807, 2.05) is 0 Å². The fourth-order valence-corrected chi connectivity index (χ4v) is 7.56. The summed E-state index contributed by atoms with van der Waals surface area (Å²) in [6, 6.07) is 39.0. The number of aromatic nitrogens is 1. The lowest BCUT2D eigenvalue weighted by Crippen LogP contribution is -2.34. The number of ether oxygens (including phenoxy) is 1. The minimum Gasteiger partial charge on any atom is -0.456 e. The van der Waals surface area contributed by atoms with Gasteiger partial charge >= 0.3 is 0 Å². The zero-order valence-electron chi connectivity index (χ0n) is 23.3. The molecule has 1 aromatic heterocycles. The summed E-state index contributed by atoms with van der Waals surface area (Å²) in [4.78, 5) is 5.10. The molecule has 0 saturated carbocycles. The highest BCUT2D eigenvalue weighted by Gasteiger charge is 2.46. The Hall–Kier alpha value is -4.69. The second kappa shape index (κ2) is 8.91. The highest BCUT2D eigenvalue weighted by Crippen LogP contribution is 2.58. The molecular formula is C39H31NO. The molecule has 198 valence electrons. The SMILES string of the molecule is CC1(C)c2cnc(-c3cccc4c3Oc3ccccc3C4(c3ccccc3)c3ccccc3)cc2C2=CC=CCC21. The largest absolute Gasteiger partial charge is 0.456 e. The fraction of sp³-hybridized carbons (Fsp3) is 0.154. The molecule has 2 aliphatic carbocycles. The first-order valence-corrected chi connectivity index (χ1v) is 14.5. The Labute approximate surface area is 241 Å². The van der Waals surface area contributed by atoms with E-state index in [2.05, 4.69) is 147 Å². The van der Waals surface area contributed by atoms with E-state index in [1.165, 1.54) is 27.8 Å². The van der Waals surface area contributed by atoms with Gasteiger partial charge in [0.15, 0.2) is 0 Å². The molecule has 1 aliphatic heterocycles. The molecule has 1 atom stereocenters. The van der Waals surface area contributed by atoms with Gasteiger partial charge in [0.25, 0.3) is 0 Å². The minimum atomic E-state index is -0.538. The Morgan fingerprint density at radius 1 is 0.707 bits per heavy atom. The van der Waals surface area contributed by atoms with Crippen molar-refractivity contribution in [3.63, 3.8) is 0 Å². The molecule has 0 spiro atoms. The van der Waals surface area contributed by atoms with Crippen molar-refractivity contribution in [3.05, 3.63) is 167 Å². The van der Waals surface area contributed by atoms with Crippen LogP contribution in [0, 0.1) is 5.92 Å². The fourth-order valence-electron chi connectivity index (χ4n) is 7.56. The Morgan fingerprint density at radius 3 is 2.15 bits per heavy atom. The molecule has 0 fully saturated rings. The Balaban J connectivity index is 1.41. The maximum atomic E-state index is 6.86. The number of pyridine rings is 1. The molecule has 0 N–H and O–H groups in total. The summed E-state index contributed by atoms with van der Waals surface area (Å²) in [5.41, 5.74) is 10.3. The number of nitrogens with zero attached hydrogens (tertiary/aromatic N) is 1. The lowest BCUT2D eigenvalue weighted by atomic mass is 9.63. The van der Waals surface area contributed by atoms with Crippen molar-refractivity contribution in [1.82, 2.24) is 4.98 Å². The third-order valence-electron chi connectivity index (χ3n) is 9.55. The summed E-state index contributed by atoms with van der Waals surface area (Å²) in [5.74, 6) is 2.23. The number of para-hydroxylation sites is 2. The Morgan fingerprint density at radius 2 is 1.39 bits per heavy atom. The van der Waals surface area contributed by atoms with Crippen LogP contribution in [0.5, 0.6) is 11.5 Å². The van der Waals surface area contributed by atoms with E-state index in [9.17, 15) is 0 Å². The van der Waals surface area contributed by atoms with Crippen molar-refractivity contribution in [1.29, 1.82) is 0 Å². The summed E-state index contributed by atoms with van der Waals surface area (Å²) in [6.45, 7) is 4.71. The van der Waals surface area contributed by atoms with Crippen molar-refractivity contribution in [2.45, 2.75) is 31.1 Å². The number of allylic oxidation sites excluding steroid dienone is 4. The van der Waals surface area contributed by atoms with E-state index in [4.69, 9.17) is 9.72 Å². The lowest BCUT2D eigenvalue weighted by molar-refractivity contribution is 0.414. The van der Waals surface area contributed by atoms with Crippen LogP contribution in [0.15, 0.2) is 134 Å². The molecule has 2 heteroatoms. The predicted octanol–water partition coefficient (Wildman–Crippen LogP) is 9.49. The predicted molar refractivity (Wildman–Crippen MR) is 166 cm³/mol. The van der Waals surface area contributed by atoms with Gasteiger partial charge in [-0.2, -0.15) is 0 Å². The van der Waals surface area contributed by atoms with Crippen molar-refractivity contribution in [2.75, 3.05) is 0 Å². The van der Waals surface area contributed by atoms with Gasteiger partial charge in [0.1, 0.15) is 11.5 Å². The molecule has 5 aromatic rings. The first-order valence-electron chi connectivity index (χ1n) is 14.5. The topological polar surface area (TPSA) is 22.1 Å². The van der Waals surface area contributed by atoms with Crippen LogP contribution in [0.3, 0.4) is 0 Å². The highest BCUT2D eigenvalue weighted by atomic mass is 16.5. The van der Waals surface area contributed by atoms with Gasteiger partial charge in [0.05, 0.1) is 11.1 Å². The molecule has 0 amide bonds. The van der Waals surface area contributed by atoms with E-state index < -0.39 is 5.41 Å². The third kappa shape index (κ3) is 3.34. The molecule has 8 rings (SSSR count). The summed E-state index contributed by atoms with van der Waals surface area (Å²) in [6.07, 6.45) is 9.98. The van der Waals surface area contributed by atoms with Crippen LogP contribution < -0.4 is 4.74 Å². The van der Waals surface area contributed by atoms with Crippen molar-refractivity contribution >= 4 is 5.57 Å². The second-order valence-electron chi connectivity index (χ2n) is 11.9. The minimum absolute atomic E-state index is 0.0543. The average molecular weight is 530 g/mol. The molecule has 0 bridgehead atoms. The molecule has 0 radical (unpaired) electrons.